The van der Waals surface area contributed by atoms with E-state index in [9.17, 15) is 4.79 Å². The van der Waals surface area contributed by atoms with E-state index in [0.717, 1.165) is 51.5 Å². The lowest BCUT2D eigenvalue weighted by Crippen LogP contribution is -2.48. The molecule has 5 nitrogen and oxygen atoms in total. The number of piperazine rings is 1. The largest absolute Gasteiger partial charge is 0.372 e. The fourth-order valence-electron chi connectivity index (χ4n) is 3.70. The average molecular weight is 381 g/mol. The Bertz CT molecular complexity index is 720. The molecule has 1 aliphatic heterocycles. The third-order valence-electron chi connectivity index (χ3n) is 5.36. The number of nitrogens with zero attached hydrogens (tertiary/aromatic N) is 3. The molecule has 0 spiro atoms. The first-order valence-corrected chi connectivity index (χ1v) is 10.3. The summed E-state index contributed by atoms with van der Waals surface area (Å²) in [6, 6.07) is 18.7. The average Bonchev–Trinajstić information content (AvgIpc) is 2.72. The normalized spacial score (nSPS) is 15.4. The summed E-state index contributed by atoms with van der Waals surface area (Å²) in [6.07, 6.45) is 0. The molecule has 0 aromatic heterocycles. The Balaban J connectivity index is 1.42. The number of nitrogens with one attached hydrogen (secondary N) is 1. The van der Waals surface area contributed by atoms with Crippen LogP contribution in [0.1, 0.15) is 19.4 Å². The smallest absolute Gasteiger partial charge is 0.238 e. The zero-order valence-corrected chi connectivity index (χ0v) is 17.1. The van der Waals surface area contributed by atoms with Crippen molar-refractivity contribution in [1.82, 2.24) is 9.80 Å². The van der Waals surface area contributed by atoms with Crippen LogP contribution in [0.4, 0.5) is 11.4 Å². The first-order chi connectivity index (χ1) is 13.7. The molecule has 1 fully saturated rings. The molecule has 0 radical (unpaired) electrons. The van der Waals surface area contributed by atoms with Crippen molar-refractivity contribution >= 4 is 17.3 Å². The maximum atomic E-state index is 12.4. The number of hydrogen-bond acceptors (Lipinski definition) is 4. The van der Waals surface area contributed by atoms with Gasteiger partial charge in [-0.05, 0) is 43.7 Å². The predicted molar refractivity (Wildman–Crippen MR) is 117 cm³/mol. The second-order valence-corrected chi connectivity index (χ2v) is 7.31. The summed E-state index contributed by atoms with van der Waals surface area (Å²) in [4.78, 5) is 19.4. The van der Waals surface area contributed by atoms with Gasteiger partial charge >= 0.3 is 0 Å². The van der Waals surface area contributed by atoms with Crippen molar-refractivity contribution in [3.63, 3.8) is 0 Å². The summed E-state index contributed by atoms with van der Waals surface area (Å²) < 4.78 is 0. The van der Waals surface area contributed by atoms with Crippen LogP contribution in [0.25, 0.3) is 0 Å². The lowest BCUT2D eigenvalue weighted by molar-refractivity contribution is -0.117. The van der Waals surface area contributed by atoms with Gasteiger partial charge in [0.25, 0.3) is 0 Å². The van der Waals surface area contributed by atoms with E-state index >= 15 is 0 Å². The summed E-state index contributed by atoms with van der Waals surface area (Å²) >= 11 is 0. The van der Waals surface area contributed by atoms with Gasteiger partial charge in [0, 0.05) is 57.2 Å². The van der Waals surface area contributed by atoms with Crippen molar-refractivity contribution in [3.05, 3.63) is 60.2 Å². The fourth-order valence-corrected chi connectivity index (χ4v) is 3.70. The van der Waals surface area contributed by atoms with Crippen molar-refractivity contribution < 1.29 is 4.79 Å². The van der Waals surface area contributed by atoms with E-state index in [2.05, 4.69) is 76.3 Å². The summed E-state index contributed by atoms with van der Waals surface area (Å²) in [5.41, 5.74) is 3.41. The lowest BCUT2D eigenvalue weighted by atomic mass is 10.2. The van der Waals surface area contributed by atoms with Gasteiger partial charge in [0.05, 0.1) is 6.54 Å². The van der Waals surface area contributed by atoms with Gasteiger partial charge in [0.1, 0.15) is 0 Å². The molecule has 1 aliphatic rings. The van der Waals surface area contributed by atoms with Crippen LogP contribution in [0, 0.1) is 0 Å². The van der Waals surface area contributed by atoms with E-state index < -0.39 is 0 Å². The van der Waals surface area contributed by atoms with Crippen LogP contribution in [-0.4, -0.2) is 61.5 Å². The van der Waals surface area contributed by atoms with Crippen molar-refractivity contribution in [1.29, 1.82) is 0 Å². The highest BCUT2D eigenvalue weighted by molar-refractivity contribution is 5.92. The molecule has 1 saturated heterocycles. The van der Waals surface area contributed by atoms with E-state index in [1.165, 1.54) is 11.3 Å². The minimum absolute atomic E-state index is 0.0621. The molecule has 2 aromatic rings. The minimum atomic E-state index is 0.0621. The molecule has 2 aromatic carbocycles. The van der Waals surface area contributed by atoms with Crippen LogP contribution in [0.2, 0.25) is 0 Å². The molecular weight excluding hydrogens is 348 g/mol. The Morgan fingerprint density at radius 2 is 1.50 bits per heavy atom. The molecule has 0 aliphatic carbocycles. The molecule has 0 atom stereocenters. The Kier molecular flexibility index (Phi) is 7.46. The number of hydrogen-bond donors (Lipinski definition) is 1. The van der Waals surface area contributed by atoms with Gasteiger partial charge in [-0.15, -0.1) is 0 Å². The highest BCUT2D eigenvalue weighted by Crippen LogP contribution is 2.17. The van der Waals surface area contributed by atoms with E-state index in [1.54, 1.807) is 0 Å². The molecule has 5 heteroatoms. The number of amides is 1. The Morgan fingerprint density at radius 1 is 0.893 bits per heavy atom. The standard InChI is InChI=1S/C23H32N4O/c1-3-27(4-2)22-12-10-21(11-13-22)24-23(28)19-26-16-14-25(15-17-26)18-20-8-6-5-7-9-20/h5-13H,3-4,14-19H2,1-2H3,(H,24,28). The maximum absolute atomic E-state index is 12.4. The van der Waals surface area contributed by atoms with Gasteiger partial charge in [-0.3, -0.25) is 14.6 Å². The number of carbonyl (C=O) groups is 1. The van der Waals surface area contributed by atoms with Gasteiger partial charge in [0.15, 0.2) is 0 Å². The first kappa shape index (κ1) is 20.4. The molecule has 0 unspecified atom stereocenters. The van der Waals surface area contributed by atoms with E-state index in [-0.39, 0.29) is 5.91 Å². The van der Waals surface area contributed by atoms with Crippen LogP contribution in [0.15, 0.2) is 54.6 Å². The molecule has 28 heavy (non-hydrogen) atoms. The van der Waals surface area contributed by atoms with Gasteiger partial charge < -0.3 is 10.2 Å². The monoisotopic (exact) mass is 380 g/mol. The number of anilines is 2. The molecule has 1 heterocycles. The second-order valence-electron chi connectivity index (χ2n) is 7.31. The number of benzene rings is 2. The van der Waals surface area contributed by atoms with Crippen LogP contribution in [0.5, 0.6) is 0 Å². The molecule has 0 bridgehead atoms. The predicted octanol–water partition coefficient (Wildman–Crippen LogP) is 3.29. The summed E-state index contributed by atoms with van der Waals surface area (Å²) in [7, 11) is 0. The van der Waals surface area contributed by atoms with E-state index in [1.807, 2.05) is 12.1 Å². The molecule has 150 valence electrons. The zero-order valence-electron chi connectivity index (χ0n) is 17.1. The Hall–Kier alpha value is -2.37. The summed E-state index contributed by atoms with van der Waals surface area (Å²) in [6.45, 7) is 11.6. The molecule has 0 saturated carbocycles. The maximum Gasteiger partial charge on any atom is 0.238 e. The first-order valence-electron chi connectivity index (χ1n) is 10.3. The van der Waals surface area contributed by atoms with Crippen LogP contribution < -0.4 is 10.2 Å². The van der Waals surface area contributed by atoms with Crippen molar-refractivity contribution in [2.24, 2.45) is 0 Å². The van der Waals surface area contributed by atoms with E-state index in [0.29, 0.717) is 6.54 Å². The molecule has 1 amide bonds. The van der Waals surface area contributed by atoms with Gasteiger partial charge in [-0.25, -0.2) is 0 Å². The highest BCUT2D eigenvalue weighted by atomic mass is 16.2. The minimum Gasteiger partial charge on any atom is -0.372 e. The van der Waals surface area contributed by atoms with E-state index in [4.69, 9.17) is 0 Å². The van der Waals surface area contributed by atoms with Crippen molar-refractivity contribution in [2.45, 2.75) is 20.4 Å². The highest BCUT2D eigenvalue weighted by Gasteiger charge is 2.19. The number of carbonyl (C=O) groups excluding carboxylic acids is 1. The van der Waals surface area contributed by atoms with Gasteiger partial charge in [-0.2, -0.15) is 0 Å². The SMILES string of the molecule is CCN(CC)c1ccc(NC(=O)CN2CCN(Cc3ccccc3)CC2)cc1. The molecular formula is C23H32N4O. The quantitative estimate of drug-likeness (QED) is 0.763. The lowest BCUT2D eigenvalue weighted by Gasteiger charge is -2.34. The fraction of sp³-hybridized carbons (Fsp3) is 0.435. The molecule has 1 N–H and O–H groups in total. The van der Waals surface area contributed by atoms with Crippen LogP contribution >= 0.6 is 0 Å². The number of rotatable bonds is 8. The van der Waals surface area contributed by atoms with Gasteiger partial charge in [0.2, 0.25) is 5.91 Å². The topological polar surface area (TPSA) is 38.8 Å². The Morgan fingerprint density at radius 3 is 2.11 bits per heavy atom. The van der Waals surface area contributed by atoms with Crippen LogP contribution in [0.3, 0.4) is 0 Å². The van der Waals surface area contributed by atoms with Crippen LogP contribution in [-0.2, 0) is 11.3 Å². The summed E-state index contributed by atoms with van der Waals surface area (Å²) in [5.74, 6) is 0.0621. The van der Waals surface area contributed by atoms with Crippen molar-refractivity contribution in [2.75, 3.05) is 56.0 Å². The molecule has 3 rings (SSSR count). The Labute approximate surface area is 168 Å². The van der Waals surface area contributed by atoms with Crippen molar-refractivity contribution in [3.8, 4) is 0 Å². The third-order valence-corrected chi connectivity index (χ3v) is 5.36. The second kappa shape index (κ2) is 10.2. The summed E-state index contributed by atoms with van der Waals surface area (Å²) in [5, 5.41) is 3.03. The van der Waals surface area contributed by atoms with Gasteiger partial charge in [-0.1, -0.05) is 30.3 Å². The third kappa shape index (κ3) is 5.81. The zero-order chi connectivity index (χ0) is 19.8.